The van der Waals surface area contributed by atoms with Gasteiger partial charge in [0.15, 0.2) is 0 Å². The number of benzene rings is 1. The van der Waals surface area contributed by atoms with Crippen LogP contribution in [0.1, 0.15) is 50.6 Å². The molecule has 11 heteroatoms. The summed E-state index contributed by atoms with van der Waals surface area (Å²) in [4.78, 5) is 0.117. The first-order valence-corrected chi connectivity index (χ1v) is 12.8. The van der Waals surface area contributed by atoms with E-state index in [1.54, 1.807) is 10.9 Å². The molecule has 2 aromatic rings. The molecule has 0 bridgehead atoms. The number of hydrogen-bond acceptors (Lipinski definition) is 7. The van der Waals surface area contributed by atoms with E-state index >= 15 is 0 Å². The SMILES string of the molecule is O=S(=O)(N[C@@H]1CC[C@H](CCn2cc(C3(O)CCCC3)nn2)O[C@H]1CO)c1ccc(Cl)cc1. The van der Waals surface area contributed by atoms with Crippen molar-refractivity contribution in [3.63, 3.8) is 0 Å². The summed E-state index contributed by atoms with van der Waals surface area (Å²) in [5, 5.41) is 29.2. The second kappa shape index (κ2) is 9.74. The molecule has 0 radical (unpaired) electrons. The number of rotatable bonds is 8. The third kappa shape index (κ3) is 5.32. The molecule has 2 heterocycles. The fourth-order valence-electron chi connectivity index (χ4n) is 4.47. The van der Waals surface area contributed by atoms with E-state index in [4.69, 9.17) is 16.3 Å². The minimum Gasteiger partial charge on any atom is -0.394 e. The lowest BCUT2D eigenvalue weighted by molar-refractivity contribution is -0.0891. The maximum atomic E-state index is 12.7. The molecule has 1 aromatic heterocycles. The Labute approximate surface area is 192 Å². The van der Waals surface area contributed by atoms with E-state index in [1.807, 2.05) is 0 Å². The molecule has 32 heavy (non-hydrogen) atoms. The molecule has 176 valence electrons. The number of ether oxygens (including phenoxy) is 1. The largest absolute Gasteiger partial charge is 0.394 e. The Balaban J connectivity index is 1.32. The zero-order valence-electron chi connectivity index (χ0n) is 17.7. The van der Waals surface area contributed by atoms with E-state index < -0.39 is 27.8 Å². The molecular formula is C21H29ClN4O5S. The molecular weight excluding hydrogens is 456 g/mol. The average molecular weight is 485 g/mol. The van der Waals surface area contributed by atoms with E-state index in [0.717, 1.165) is 12.8 Å². The summed E-state index contributed by atoms with van der Waals surface area (Å²) < 4.78 is 35.7. The van der Waals surface area contributed by atoms with Gasteiger partial charge >= 0.3 is 0 Å². The maximum absolute atomic E-state index is 12.7. The third-order valence-electron chi connectivity index (χ3n) is 6.35. The summed E-state index contributed by atoms with van der Waals surface area (Å²) >= 11 is 5.84. The quantitative estimate of drug-likeness (QED) is 0.522. The van der Waals surface area contributed by atoms with Crippen molar-refractivity contribution >= 4 is 21.6 Å². The lowest BCUT2D eigenvalue weighted by Gasteiger charge is -2.36. The number of aliphatic hydroxyl groups is 2. The van der Waals surface area contributed by atoms with Crippen molar-refractivity contribution in [1.82, 2.24) is 19.7 Å². The van der Waals surface area contributed by atoms with Gasteiger partial charge in [-0.25, -0.2) is 13.1 Å². The Hall–Kier alpha value is -1.56. The van der Waals surface area contributed by atoms with Crippen LogP contribution in [0.2, 0.25) is 5.02 Å². The molecule has 0 spiro atoms. The molecule has 1 saturated heterocycles. The van der Waals surface area contributed by atoms with E-state index in [9.17, 15) is 18.6 Å². The Morgan fingerprint density at radius 2 is 1.94 bits per heavy atom. The highest BCUT2D eigenvalue weighted by atomic mass is 35.5. The van der Waals surface area contributed by atoms with Crippen LogP contribution in [0.4, 0.5) is 0 Å². The normalized spacial score (nSPS) is 25.8. The molecule has 2 fully saturated rings. The van der Waals surface area contributed by atoms with E-state index in [1.165, 1.54) is 24.3 Å². The van der Waals surface area contributed by atoms with Crippen LogP contribution in [0.5, 0.6) is 0 Å². The topological polar surface area (TPSA) is 127 Å². The predicted molar refractivity (Wildman–Crippen MR) is 118 cm³/mol. The minimum absolute atomic E-state index is 0.117. The highest BCUT2D eigenvalue weighted by molar-refractivity contribution is 7.89. The molecule has 1 aliphatic carbocycles. The van der Waals surface area contributed by atoms with Gasteiger partial charge in [0, 0.05) is 11.6 Å². The Morgan fingerprint density at radius 3 is 2.62 bits per heavy atom. The van der Waals surface area contributed by atoms with Crippen molar-refractivity contribution in [2.45, 2.75) is 80.2 Å². The third-order valence-corrected chi connectivity index (χ3v) is 8.11. The number of sulfonamides is 1. The number of nitrogens with zero attached hydrogens (tertiary/aromatic N) is 3. The van der Waals surface area contributed by atoms with Crippen LogP contribution in [-0.4, -0.2) is 58.5 Å². The minimum atomic E-state index is -3.75. The standard InChI is InChI=1S/C21H29ClN4O5S/c22-15-3-6-17(7-4-15)32(29,30)24-18-8-5-16(31-19(18)14-27)9-12-26-13-20(23-25-26)21(28)10-1-2-11-21/h3-4,6-7,13,16,18-19,24,27-28H,1-2,5,8-12,14H2/t16-,18-,19+/m1/s1. The monoisotopic (exact) mass is 484 g/mol. The fourth-order valence-corrected chi connectivity index (χ4v) is 5.90. The van der Waals surface area contributed by atoms with Gasteiger partial charge in [-0.05, 0) is 56.4 Å². The fraction of sp³-hybridized carbons (Fsp3) is 0.619. The zero-order chi connectivity index (χ0) is 22.8. The van der Waals surface area contributed by atoms with Gasteiger partial charge in [0.2, 0.25) is 10.0 Å². The number of halogens is 1. The first kappa shape index (κ1) is 23.6. The smallest absolute Gasteiger partial charge is 0.240 e. The highest BCUT2D eigenvalue weighted by Crippen LogP contribution is 2.37. The maximum Gasteiger partial charge on any atom is 0.240 e. The lowest BCUT2D eigenvalue weighted by Crippen LogP contribution is -2.50. The second-order valence-corrected chi connectivity index (χ2v) is 10.8. The number of hydrogen-bond donors (Lipinski definition) is 3. The van der Waals surface area contributed by atoms with Gasteiger partial charge in [0.05, 0.1) is 35.9 Å². The molecule has 0 amide bonds. The Bertz CT molecular complexity index is 1010. The van der Waals surface area contributed by atoms with E-state index in [2.05, 4.69) is 15.0 Å². The lowest BCUT2D eigenvalue weighted by atomic mass is 9.98. The van der Waals surface area contributed by atoms with Crippen molar-refractivity contribution in [1.29, 1.82) is 0 Å². The van der Waals surface area contributed by atoms with Gasteiger partial charge in [-0.1, -0.05) is 29.7 Å². The second-order valence-electron chi connectivity index (χ2n) is 8.63. The number of aliphatic hydroxyl groups excluding tert-OH is 1. The molecule has 3 N–H and O–H groups in total. The molecule has 1 aromatic carbocycles. The van der Waals surface area contributed by atoms with Crippen LogP contribution < -0.4 is 4.72 Å². The summed E-state index contributed by atoms with van der Waals surface area (Å²) in [6.07, 6.45) is 6.27. The summed E-state index contributed by atoms with van der Waals surface area (Å²) in [6.45, 7) is 0.276. The molecule has 1 aliphatic heterocycles. The van der Waals surface area contributed by atoms with Crippen molar-refractivity contribution in [2.24, 2.45) is 0 Å². The van der Waals surface area contributed by atoms with Crippen LogP contribution in [-0.2, 0) is 26.9 Å². The summed E-state index contributed by atoms with van der Waals surface area (Å²) in [5.41, 5.74) is -0.250. The van der Waals surface area contributed by atoms with Crippen LogP contribution in [0.3, 0.4) is 0 Å². The predicted octanol–water partition coefficient (Wildman–Crippen LogP) is 1.97. The van der Waals surface area contributed by atoms with Crippen LogP contribution in [0.15, 0.2) is 35.4 Å². The summed E-state index contributed by atoms with van der Waals surface area (Å²) in [7, 11) is -3.75. The number of aryl methyl sites for hydroxylation is 1. The van der Waals surface area contributed by atoms with Crippen molar-refractivity contribution in [3.8, 4) is 0 Å². The zero-order valence-corrected chi connectivity index (χ0v) is 19.3. The van der Waals surface area contributed by atoms with Crippen LogP contribution in [0, 0.1) is 0 Å². The molecule has 2 aliphatic rings. The first-order chi connectivity index (χ1) is 15.3. The van der Waals surface area contributed by atoms with Crippen molar-refractivity contribution in [3.05, 3.63) is 41.2 Å². The molecule has 1 saturated carbocycles. The van der Waals surface area contributed by atoms with Gasteiger partial charge < -0.3 is 14.9 Å². The molecule has 0 unspecified atom stereocenters. The molecule has 9 nitrogen and oxygen atoms in total. The molecule has 4 rings (SSSR count). The van der Waals surface area contributed by atoms with Gasteiger partial charge in [-0.15, -0.1) is 5.10 Å². The van der Waals surface area contributed by atoms with Gasteiger partial charge in [-0.2, -0.15) is 0 Å². The van der Waals surface area contributed by atoms with Crippen molar-refractivity contribution < 1.29 is 23.4 Å². The van der Waals surface area contributed by atoms with Crippen LogP contribution in [0.25, 0.3) is 0 Å². The average Bonchev–Trinajstić information content (AvgIpc) is 3.43. The number of nitrogens with one attached hydrogen (secondary N) is 1. The first-order valence-electron chi connectivity index (χ1n) is 11.0. The summed E-state index contributed by atoms with van der Waals surface area (Å²) in [6, 6.07) is 5.41. The number of aromatic nitrogens is 3. The van der Waals surface area contributed by atoms with Crippen LogP contribution >= 0.6 is 11.6 Å². The summed E-state index contributed by atoms with van der Waals surface area (Å²) in [5.74, 6) is 0. The Morgan fingerprint density at radius 1 is 1.22 bits per heavy atom. The van der Waals surface area contributed by atoms with Gasteiger partial charge in [-0.3, -0.25) is 4.68 Å². The van der Waals surface area contributed by atoms with E-state index in [0.29, 0.717) is 49.4 Å². The Kier molecular flexibility index (Phi) is 7.18. The van der Waals surface area contributed by atoms with Crippen molar-refractivity contribution in [2.75, 3.05) is 6.61 Å². The van der Waals surface area contributed by atoms with Gasteiger partial charge in [0.1, 0.15) is 11.3 Å². The molecule has 3 atom stereocenters. The van der Waals surface area contributed by atoms with Gasteiger partial charge in [0.25, 0.3) is 0 Å². The van der Waals surface area contributed by atoms with E-state index in [-0.39, 0.29) is 17.6 Å². The highest BCUT2D eigenvalue weighted by Gasteiger charge is 2.36.